The molecule has 0 aliphatic carbocycles. The third kappa shape index (κ3) is 3.90. The van der Waals surface area contributed by atoms with Gasteiger partial charge in [0.25, 0.3) is 0 Å². The molecule has 6 nitrogen and oxygen atoms in total. The van der Waals surface area contributed by atoms with Crippen molar-refractivity contribution in [1.29, 1.82) is 0 Å². The number of imidazole rings is 1. The third-order valence-corrected chi connectivity index (χ3v) is 3.87. The molecular weight excluding hydrogens is 302 g/mol. The average Bonchev–Trinajstić information content (AvgIpc) is 3.23. The Hall–Kier alpha value is -2.89. The van der Waals surface area contributed by atoms with Gasteiger partial charge in [0.1, 0.15) is 5.82 Å². The monoisotopic (exact) mass is 323 g/mol. The number of rotatable bonds is 6. The lowest BCUT2D eigenvalue weighted by molar-refractivity contribution is -0.121. The van der Waals surface area contributed by atoms with Gasteiger partial charge in [-0.1, -0.05) is 30.3 Å². The van der Waals surface area contributed by atoms with Gasteiger partial charge in [-0.15, -0.1) is 0 Å². The molecule has 1 amide bonds. The molecule has 0 aliphatic heterocycles. The van der Waals surface area contributed by atoms with Crippen molar-refractivity contribution in [2.75, 3.05) is 0 Å². The van der Waals surface area contributed by atoms with Gasteiger partial charge in [-0.05, 0) is 24.5 Å². The number of H-pyrrole nitrogens is 1. The van der Waals surface area contributed by atoms with Crippen molar-refractivity contribution >= 4 is 5.91 Å². The Morgan fingerprint density at radius 3 is 2.79 bits per heavy atom. The summed E-state index contributed by atoms with van der Waals surface area (Å²) < 4.78 is 1.74. The second kappa shape index (κ2) is 7.12. The van der Waals surface area contributed by atoms with Gasteiger partial charge in [0.05, 0.1) is 24.1 Å². The molecule has 3 aromatic rings. The second-order valence-electron chi connectivity index (χ2n) is 5.86. The highest BCUT2D eigenvalue weighted by atomic mass is 16.1. The van der Waals surface area contributed by atoms with Crippen LogP contribution in [0.25, 0.3) is 11.3 Å². The Bertz CT molecular complexity index is 806. The van der Waals surface area contributed by atoms with E-state index in [-0.39, 0.29) is 11.9 Å². The lowest BCUT2D eigenvalue weighted by Gasteiger charge is -2.11. The first-order valence-corrected chi connectivity index (χ1v) is 7.99. The van der Waals surface area contributed by atoms with Gasteiger partial charge < -0.3 is 10.3 Å². The molecule has 0 bridgehead atoms. The highest BCUT2D eigenvalue weighted by molar-refractivity contribution is 5.76. The number of aromatic amines is 1. The molecule has 0 aliphatic rings. The fourth-order valence-corrected chi connectivity index (χ4v) is 2.56. The van der Waals surface area contributed by atoms with Crippen LogP contribution < -0.4 is 5.32 Å². The molecular formula is C18H21N5O. The van der Waals surface area contributed by atoms with Crippen molar-refractivity contribution in [3.63, 3.8) is 0 Å². The van der Waals surface area contributed by atoms with Crippen molar-refractivity contribution < 1.29 is 4.79 Å². The summed E-state index contributed by atoms with van der Waals surface area (Å²) in [6, 6.07) is 9.83. The molecule has 0 fully saturated rings. The SMILES string of the molecule is C[C@H](NC(=O)CCc1cnn(C)c1)c1ncc(-c2ccccc2)[nH]1. The zero-order chi connectivity index (χ0) is 16.9. The van der Waals surface area contributed by atoms with E-state index in [2.05, 4.69) is 20.4 Å². The molecule has 3 rings (SSSR count). The molecule has 1 aromatic carbocycles. The highest BCUT2D eigenvalue weighted by Crippen LogP contribution is 2.18. The Morgan fingerprint density at radius 2 is 2.08 bits per heavy atom. The molecule has 6 heteroatoms. The number of hydrogen-bond acceptors (Lipinski definition) is 3. The molecule has 24 heavy (non-hydrogen) atoms. The molecule has 2 aromatic heterocycles. The fourth-order valence-electron chi connectivity index (χ4n) is 2.56. The van der Waals surface area contributed by atoms with E-state index >= 15 is 0 Å². The number of hydrogen-bond donors (Lipinski definition) is 2. The molecule has 2 heterocycles. The van der Waals surface area contributed by atoms with E-state index in [0.29, 0.717) is 12.8 Å². The summed E-state index contributed by atoms with van der Waals surface area (Å²) in [7, 11) is 1.87. The molecule has 0 spiro atoms. The van der Waals surface area contributed by atoms with E-state index in [4.69, 9.17) is 0 Å². The van der Waals surface area contributed by atoms with Crippen molar-refractivity contribution in [1.82, 2.24) is 25.1 Å². The maximum atomic E-state index is 12.1. The fraction of sp³-hybridized carbons (Fsp3) is 0.278. The number of aryl methyl sites for hydroxylation is 2. The quantitative estimate of drug-likeness (QED) is 0.732. The lowest BCUT2D eigenvalue weighted by atomic mass is 10.2. The van der Waals surface area contributed by atoms with Crippen molar-refractivity contribution in [2.45, 2.75) is 25.8 Å². The number of nitrogens with one attached hydrogen (secondary N) is 2. The maximum Gasteiger partial charge on any atom is 0.220 e. The molecule has 1 atom stereocenters. The summed E-state index contributed by atoms with van der Waals surface area (Å²) in [6.45, 7) is 1.93. The van der Waals surface area contributed by atoms with Crippen molar-refractivity contribution in [2.24, 2.45) is 7.05 Å². The summed E-state index contributed by atoms with van der Waals surface area (Å²) in [6.07, 6.45) is 6.62. The van der Waals surface area contributed by atoms with E-state index in [1.807, 2.05) is 50.5 Å². The topological polar surface area (TPSA) is 75.6 Å². The molecule has 0 radical (unpaired) electrons. The Balaban J connectivity index is 1.55. The summed E-state index contributed by atoms with van der Waals surface area (Å²) >= 11 is 0. The first kappa shape index (κ1) is 16.0. The number of nitrogens with zero attached hydrogens (tertiary/aromatic N) is 3. The van der Waals surface area contributed by atoms with Crippen LogP contribution in [0.2, 0.25) is 0 Å². The summed E-state index contributed by atoms with van der Waals surface area (Å²) in [4.78, 5) is 19.8. The minimum atomic E-state index is -0.163. The number of amides is 1. The number of carbonyl (C=O) groups is 1. The van der Waals surface area contributed by atoms with Crippen LogP contribution in [0.1, 0.15) is 30.8 Å². The van der Waals surface area contributed by atoms with Gasteiger partial charge in [-0.3, -0.25) is 9.48 Å². The molecule has 124 valence electrons. The normalized spacial score (nSPS) is 12.1. The van der Waals surface area contributed by atoms with Crippen molar-refractivity contribution in [3.05, 3.63) is 60.3 Å². The zero-order valence-corrected chi connectivity index (χ0v) is 13.9. The first-order valence-electron chi connectivity index (χ1n) is 7.99. The van der Waals surface area contributed by atoms with Crippen LogP contribution in [0.5, 0.6) is 0 Å². The van der Waals surface area contributed by atoms with Gasteiger partial charge in [0.2, 0.25) is 5.91 Å². The van der Waals surface area contributed by atoms with Crippen LogP contribution >= 0.6 is 0 Å². The maximum absolute atomic E-state index is 12.1. The molecule has 0 saturated carbocycles. The molecule has 0 saturated heterocycles. The van der Waals surface area contributed by atoms with Crippen LogP contribution in [0, 0.1) is 0 Å². The first-order chi connectivity index (χ1) is 11.6. The standard InChI is InChI=1S/C18H21N5O/c1-13(21-17(24)9-8-14-10-20-23(2)12-14)18-19-11-16(22-18)15-6-4-3-5-7-15/h3-7,10-13H,8-9H2,1-2H3,(H,19,22)(H,21,24)/t13-/m0/s1. The average molecular weight is 323 g/mol. The summed E-state index contributed by atoms with van der Waals surface area (Å²) in [5, 5.41) is 7.08. The van der Waals surface area contributed by atoms with Gasteiger partial charge in [0.15, 0.2) is 0 Å². The molecule has 0 unspecified atom stereocenters. The largest absolute Gasteiger partial charge is 0.346 e. The predicted octanol–water partition coefficient (Wildman–Crippen LogP) is 2.62. The summed E-state index contributed by atoms with van der Waals surface area (Å²) in [5.41, 5.74) is 3.08. The van der Waals surface area contributed by atoms with E-state index < -0.39 is 0 Å². The van der Waals surface area contributed by atoms with Gasteiger partial charge >= 0.3 is 0 Å². The number of benzene rings is 1. The summed E-state index contributed by atoms with van der Waals surface area (Å²) in [5.74, 6) is 0.757. The van der Waals surface area contributed by atoms with E-state index in [0.717, 1.165) is 22.6 Å². The highest BCUT2D eigenvalue weighted by Gasteiger charge is 2.13. The Labute approximate surface area is 140 Å². The van der Waals surface area contributed by atoms with E-state index in [1.54, 1.807) is 17.1 Å². The zero-order valence-electron chi connectivity index (χ0n) is 13.9. The smallest absolute Gasteiger partial charge is 0.220 e. The minimum Gasteiger partial charge on any atom is -0.346 e. The Morgan fingerprint density at radius 1 is 1.29 bits per heavy atom. The lowest BCUT2D eigenvalue weighted by Crippen LogP contribution is -2.27. The number of carbonyl (C=O) groups excluding carboxylic acids is 1. The van der Waals surface area contributed by atoms with Gasteiger partial charge in [0, 0.05) is 19.7 Å². The second-order valence-corrected chi connectivity index (χ2v) is 5.86. The van der Waals surface area contributed by atoms with Crippen LogP contribution in [0.3, 0.4) is 0 Å². The van der Waals surface area contributed by atoms with Gasteiger partial charge in [-0.2, -0.15) is 5.10 Å². The predicted molar refractivity (Wildman–Crippen MR) is 92.1 cm³/mol. The van der Waals surface area contributed by atoms with Crippen LogP contribution in [-0.2, 0) is 18.3 Å². The van der Waals surface area contributed by atoms with E-state index in [9.17, 15) is 4.79 Å². The Kier molecular flexibility index (Phi) is 4.74. The van der Waals surface area contributed by atoms with Crippen LogP contribution in [0.15, 0.2) is 48.9 Å². The third-order valence-electron chi connectivity index (χ3n) is 3.87. The van der Waals surface area contributed by atoms with Gasteiger partial charge in [-0.25, -0.2) is 4.98 Å². The van der Waals surface area contributed by atoms with Crippen LogP contribution in [-0.4, -0.2) is 25.7 Å². The number of aromatic nitrogens is 4. The molecule has 2 N–H and O–H groups in total. The van der Waals surface area contributed by atoms with Crippen molar-refractivity contribution in [3.8, 4) is 11.3 Å². The minimum absolute atomic E-state index is 0.00372. The van der Waals surface area contributed by atoms with E-state index in [1.165, 1.54) is 0 Å². The van der Waals surface area contributed by atoms with Crippen LogP contribution in [0.4, 0.5) is 0 Å².